The molecular weight excluding hydrogens is 307 g/mol. The van der Waals surface area contributed by atoms with E-state index in [1.165, 1.54) is 18.2 Å². The van der Waals surface area contributed by atoms with Crippen LogP contribution in [0.15, 0.2) is 71.3 Å². The summed E-state index contributed by atoms with van der Waals surface area (Å²) in [5.41, 5.74) is 1.98. The second kappa shape index (κ2) is 7.57. The molecule has 0 aliphatic heterocycles. The summed E-state index contributed by atoms with van der Waals surface area (Å²) in [6, 6.07) is 16.9. The number of anilines is 1. The predicted molar refractivity (Wildman–Crippen MR) is 90.0 cm³/mol. The van der Waals surface area contributed by atoms with Crippen molar-refractivity contribution in [2.24, 2.45) is 0 Å². The molecule has 2 N–H and O–H groups in total. The summed E-state index contributed by atoms with van der Waals surface area (Å²) in [6.45, 7) is 1.28. The van der Waals surface area contributed by atoms with E-state index >= 15 is 0 Å². The van der Waals surface area contributed by atoms with Gasteiger partial charge in [-0.25, -0.2) is 4.39 Å². The van der Waals surface area contributed by atoms with Crippen LogP contribution in [0.1, 0.15) is 21.7 Å². The lowest BCUT2D eigenvalue weighted by molar-refractivity contribution is 0.102. The standard InChI is InChI=1S/C19H17FN2O2/c20-16-6-2-5-15(11-16)19(23)22-17-7-1-4-14(10-17)12-21-13-18-8-3-9-24-18/h1-11,21H,12-13H2,(H,22,23). The van der Waals surface area contributed by atoms with Gasteiger partial charge in [-0.1, -0.05) is 18.2 Å². The van der Waals surface area contributed by atoms with Crippen LogP contribution >= 0.6 is 0 Å². The van der Waals surface area contributed by atoms with Crippen molar-refractivity contribution < 1.29 is 13.6 Å². The molecule has 2 aromatic carbocycles. The molecule has 24 heavy (non-hydrogen) atoms. The van der Waals surface area contributed by atoms with Gasteiger partial charge in [-0.3, -0.25) is 4.79 Å². The van der Waals surface area contributed by atoms with Crippen molar-refractivity contribution in [3.8, 4) is 0 Å². The second-order valence-electron chi connectivity index (χ2n) is 5.35. The summed E-state index contributed by atoms with van der Waals surface area (Å²) in [5.74, 6) is 0.0966. The first-order valence-electron chi connectivity index (χ1n) is 7.60. The number of amides is 1. The van der Waals surface area contributed by atoms with E-state index in [-0.39, 0.29) is 11.5 Å². The molecule has 5 heteroatoms. The van der Waals surface area contributed by atoms with Crippen molar-refractivity contribution in [3.05, 3.63) is 89.6 Å². The minimum absolute atomic E-state index is 0.288. The molecule has 0 bridgehead atoms. The van der Waals surface area contributed by atoms with Gasteiger partial charge >= 0.3 is 0 Å². The lowest BCUT2D eigenvalue weighted by atomic mass is 10.1. The summed E-state index contributed by atoms with van der Waals surface area (Å²) < 4.78 is 18.4. The highest BCUT2D eigenvalue weighted by molar-refractivity contribution is 6.04. The summed E-state index contributed by atoms with van der Waals surface area (Å²) in [5, 5.41) is 6.05. The largest absolute Gasteiger partial charge is 0.468 e. The van der Waals surface area contributed by atoms with Gasteiger partial charge in [0.2, 0.25) is 0 Å². The third-order valence-electron chi connectivity index (χ3n) is 3.48. The Morgan fingerprint density at radius 3 is 2.67 bits per heavy atom. The van der Waals surface area contributed by atoms with Crippen LogP contribution in [0.2, 0.25) is 0 Å². The normalized spacial score (nSPS) is 10.5. The fourth-order valence-electron chi connectivity index (χ4n) is 2.34. The molecule has 0 fully saturated rings. The van der Waals surface area contributed by atoms with E-state index in [2.05, 4.69) is 10.6 Å². The van der Waals surface area contributed by atoms with Crippen LogP contribution in [0.3, 0.4) is 0 Å². The highest BCUT2D eigenvalue weighted by Crippen LogP contribution is 2.13. The molecule has 1 heterocycles. The van der Waals surface area contributed by atoms with E-state index in [0.717, 1.165) is 11.3 Å². The Morgan fingerprint density at radius 2 is 1.88 bits per heavy atom. The molecule has 3 aromatic rings. The SMILES string of the molecule is O=C(Nc1cccc(CNCc2ccco2)c1)c1cccc(F)c1. The molecule has 0 spiro atoms. The van der Waals surface area contributed by atoms with Gasteiger partial charge in [0.1, 0.15) is 11.6 Å². The Kier molecular flexibility index (Phi) is 5.03. The summed E-state index contributed by atoms with van der Waals surface area (Å²) in [6.07, 6.45) is 1.64. The van der Waals surface area contributed by atoms with E-state index in [1.807, 2.05) is 30.3 Å². The topological polar surface area (TPSA) is 54.3 Å². The first-order valence-corrected chi connectivity index (χ1v) is 7.60. The zero-order chi connectivity index (χ0) is 16.8. The van der Waals surface area contributed by atoms with E-state index < -0.39 is 5.82 Å². The van der Waals surface area contributed by atoms with Crippen LogP contribution in [0.25, 0.3) is 0 Å². The van der Waals surface area contributed by atoms with Crippen LogP contribution < -0.4 is 10.6 Å². The van der Waals surface area contributed by atoms with Crippen LogP contribution in [0.5, 0.6) is 0 Å². The maximum atomic E-state index is 13.2. The van der Waals surface area contributed by atoms with Crippen LogP contribution in [0, 0.1) is 5.82 Å². The minimum Gasteiger partial charge on any atom is -0.468 e. The average molecular weight is 324 g/mol. The number of halogens is 1. The van der Waals surface area contributed by atoms with Crippen molar-refractivity contribution in [3.63, 3.8) is 0 Å². The lowest BCUT2D eigenvalue weighted by Crippen LogP contribution is -2.14. The third kappa shape index (κ3) is 4.30. The van der Waals surface area contributed by atoms with Gasteiger partial charge in [0.25, 0.3) is 5.91 Å². The zero-order valence-corrected chi connectivity index (χ0v) is 13.0. The van der Waals surface area contributed by atoms with E-state index in [0.29, 0.717) is 18.8 Å². The van der Waals surface area contributed by atoms with Gasteiger partial charge < -0.3 is 15.1 Å². The van der Waals surface area contributed by atoms with Gasteiger partial charge in [-0.05, 0) is 48.0 Å². The van der Waals surface area contributed by atoms with Crippen molar-refractivity contribution in [1.82, 2.24) is 5.32 Å². The second-order valence-corrected chi connectivity index (χ2v) is 5.35. The van der Waals surface area contributed by atoms with Crippen molar-refractivity contribution in [1.29, 1.82) is 0 Å². The number of hydrogen-bond donors (Lipinski definition) is 2. The molecule has 0 radical (unpaired) electrons. The quantitative estimate of drug-likeness (QED) is 0.721. The number of nitrogens with one attached hydrogen (secondary N) is 2. The van der Waals surface area contributed by atoms with Crippen molar-refractivity contribution in [2.75, 3.05) is 5.32 Å². The Balaban J connectivity index is 1.59. The maximum Gasteiger partial charge on any atom is 0.255 e. The molecule has 1 aromatic heterocycles. The summed E-state index contributed by atoms with van der Waals surface area (Å²) in [4.78, 5) is 12.1. The third-order valence-corrected chi connectivity index (χ3v) is 3.48. The zero-order valence-electron chi connectivity index (χ0n) is 13.0. The Bertz CT molecular complexity index is 816. The smallest absolute Gasteiger partial charge is 0.255 e. The molecule has 0 atom stereocenters. The first kappa shape index (κ1) is 16.0. The van der Waals surface area contributed by atoms with Gasteiger partial charge in [-0.2, -0.15) is 0 Å². The van der Waals surface area contributed by atoms with Gasteiger partial charge in [0.05, 0.1) is 12.8 Å². The Morgan fingerprint density at radius 1 is 1.00 bits per heavy atom. The number of hydrogen-bond acceptors (Lipinski definition) is 3. The van der Waals surface area contributed by atoms with Gasteiger partial charge in [0, 0.05) is 17.8 Å². The number of rotatable bonds is 6. The molecule has 122 valence electrons. The molecule has 4 nitrogen and oxygen atoms in total. The maximum absolute atomic E-state index is 13.2. The van der Waals surface area contributed by atoms with Crippen LogP contribution in [-0.4, -0.2) is 5.91 Å². The van der Waals surface area contributed by atoms with Crippen LogP contribution in [0.4, 0.5) is 10.1 Å². The molecular formula is C19H17FN2O2. The number of benzene rings is 2. The lowest BCUT2D eigenvalue weighted by Gasteiger charge is -2.08. The molecule has 0 aliphatic carbocycles. The molecule has 0 aliphatic rings. The summed E-state index contributed by atoms with van der Waals surface area (Å²) >= 11 is 0. The Hall–Kier alpha value is -2.92. The average Bonchev–Trinajstić information content (AvgIpc) is 3.09. The molecule has 1 amide bonds. The highest BCUT2D eigenvalue weighted by Gasteiger charge is 2.07. The number of furan rings is 1. The molecule has 0 saturated carbocycles. The number of carbonyl (C=O) groups is 1. The Labute approximate surface area is 139 Å². The van der Waals surface area contributed by atoms with E-state index in [9.17, 15) is 9.18 Å². The monoisotopic (exact) mass is 324 g/mol. The summed E-state index contributed by atoms with van der Waals surface area (Å²) in [7, 11) is 0. The first-order chi connectivity index (χ1) is 11.7. The van der Waals surface area contributed by atoms with Gasteiger partial charge in [-0.15, -0.1) is 0 Å². The molecule has 0 unspecified atom stereocenters. The fourth-order valence-corrected chi connectivity index (χ4v) is 2.34. The highest BCUT2D eigenvalue weighted by atomic mass is 19.1. The molecule has 0 saturated heterocycles. The predicted octanol–water partition coefficient (Wildman–Crippen LogP) is 3.96. The van der Waals surface area contributed by atoms with E-state index in [4.69, 9.17) is 4.42 Å². The van der Waals surface area contributed by atoms with E-state index in [1.54, 1.807) is 18.4 Å². The fraction of sp³-hybridized carbons (Fsp3) is 0.105. The van der Waals surface area contributed by atoms with Crippen molar-refractivity contribution >= 4 is 11.6 Å². The van der Waals surface area contributed by atoms with Gasteiger partial charge in [0.15, 0.2) is 0 Å². The number of carbonyl (C=O) groups excluding carboxylic acids is 1. The van der Waals surface area contributed by atoms with Crippen molar-refractivity contribution in [2.45, 2.75) is 13.1 Å². The van der Waals surface area contributed by atoms with Crippen LogP contribution in [-0.2, 0) is 13.1 Å². The molecule has 3 rings (SSSR count). The minimum atomic E-state index is -0.432.